The fourth-order valence-electron chi connectivity index (χ4n) is 1.60. The Labute approximate surface area is 118 Å². The summed E-state index contributed by atoms with van der Waals surface area (Å²) in [7, 11) is -2.84. The maximum atomic E-state index is 11.6. The Balaban J connectivity index is 0. The summed E-state index contributed by atoms with van der Waals surface area (Å²) < 4.78 is 23.1. The molecule has 19 heavy (non-hydrogen) atoms. The average Bonchev–Trinajstić information content (AvgIpc) is 2.31. The van der Waals surface area contributed by atoms with E-state index in [0.717, 1.165) is 0 Å². The third-order valence-electron chi connectivity index (χ3n) is 2.00. The van der Waals surface area contributed by atoms with Gasteiger partial charge in [-0.3, -0.25) is 4.98 Å². The molecule has 0 aliphatic heterocycles. The van der Waals surface area contributed by atoms with Crippen molar-refractivity contribution in [3.63, 3.8) is 0 Å². The molecule has 1 heterocycles. The van der Waals surface area contributed by atoms with Gasteiger partial charge in [-0.1, -0.05) is 19.9 Å². The first-order chi connectivity index (χ1) is 8.69. The number of aromatic nitrogens is 1. The molecule has 6 heteroatoms. The van der Waals surface area contributed by atoms with Gasteiger partial charge in [-0.15, -0.1) is 0 Å². The summed E-state index contributed by atoms with van der Waals surface area (Å²) in [5.41, 5.74) is -0.324. The molecular formula is C13H28N2O2P2. The molecule has 0 atom stereocenters. The van der Waals surface area contributed by atoms with Gasteiger partial charge in [0.25, 0.3) is 0 Å². The Morgan fingerprint density at radius 1 is 0.895 bits per heavy atom. The molecule has 1 rings (SSSR count). The van der Waals surface area contributed by atoms with E-state index in [1.807, 2.05) is 32.0 Å². The molecular weight excluding hydrogens is 278 g/mol. The lowest BCUT2D eigenvalue weighted by molar-refractivity contribution is 0.561. The van der Waals surface area contributed by atoms with Crippen molar-refractivity contribution in [2.45, 2.75) is 19.4 Å². The maximum absolute atomic E-state index is 11.6. The summed E-state index contributed by atoms with van der Waals surface area (Å²) >= 11 is 0. The molecule has 0 amide bonds. The van der Waals surface area contributed by atoms with E-state index in [1.54, 1.807) is 46.1 Å². The molecule has 0 bridgehead atoms. The van der Waals surface area contributed by atoms with Crippen molar-refractivity contribution in [1.82, 2.24) is 10.3 Å². The standard InChI is InChI=1S/C6H17NO2P2.C5H5N.C2H6/c1-7-6(10(2,3)8)11(4,5)9;1-2-4-6-5-3-1;1-2/h6-7H,1-5H3;1-5H;1-2H3. The van der Waals surface area contributed by atoms with Crippen LogP contribution in [0.4, 0.5) is 0 Å². The van der Waals surface area contributed by atoms with Crippen molar-refractivity contribution < 1.29 is 9.13 Å². The molecule has 0 saturated carbocycles. The van der Waals surface area contributed by atoms with Gasteiger partial charge in [-0.2, -0.15) is 0 Å². The lowest BCUT2D eigenvalue weighted by Crippen LogP contribution is -2.24. The van der Waals surface area contributed by atoms with Crippen molar-refractivity contribution in [3.05, 3.63) is 30.6 Å². The van der Waals surface area contributed by atoms with Crippen LogP contribution >= 0.6 is 14.3 Å². The zero-order valence-corrected chi connectivity index (χ0v) is 14.9. The molecule has 1 aromatic rings. The predicted octanol–water partition coefficient (Wildman–Crippen LogP) is 3.84. The molecule has 0 saturated heterocycles. The van der Waals surface area contributed by atoms with Gasteiger partial charge in [0.2, 0.25) is 0 Å². The van der Waals surface area contributed by atoms with E-state index in [0.29, 0.717) is 0 Å². The molecule has 4 nitrogen and oxygen atoms in total. The Hall–Kier alpha value is -0.430. The summed E-state index contributed by atoms with van der Waals surface area (Å²) in [6.45, 7) is 10.6. The van der Waals surface area contributed by atoms with Crippen LogP contribution in [0.5, 0.6) is 0 Å². The van der Waals surface area contributed by atoms with Gasteiger partial charge in [0.1, 0.15) is 19.8 Å². The summed E-state index contributed by atoms with van der Waals surface area (Å²) in [6, 6.07) is 5.72. The molecule has 0 aliphatic rings. The fraction of sp³-hybridized carbons (Fsp3) is 0.615. The van der Waals surface area contributed by atoms with Crippen LogP contribution in [0.1, 0.15) is 13.8 Å². The molecule has 1 aromatic heterocycles. The summed E-state index contributed by atoms with van der Waals surface area (Å²) in [5.74, 6) is 0. The van der Waals surface area contributed by atoms with Crippen molar-refractivity contribution in [2.75, 3.05) is 33.7 Å². The van der Waals surface area contributed by atoms with Crippen molar-refractivity contribution in [3.8, 4) is 0 Å². The number of nitrogens with one attached hydrogen (secondary N) is 1. The number of rotatable bonds is 3. The van der Waals surface area contributed by atoms with Gasteiger partial charge in [0.15, 0.2) is 0 Å². The molecule has 0 aliphatic carbocycles. The minimum absolute atomic E-state index is 0.324. The van der Waals surface area contributed by atoms with E-state index in [-0.39, 0.29) is 5.52 Å². The smallest absolute Gasteiger partial charge is 0.113 e. The first-order valence-electron chi connectivity index (χ1n) is 6.31. The number of nitrogens with zero attached hydrogens (tertiary/aromatic N) is 1. The second-order valence-electron chi connectivity index (χ2n) is 4.56. The third-order valence-corrected chi connectivity index (χ3v) is 8.21. The van der Waals surface area contributed by atoms with Crippen LogP contribution in [0.25, 0.3) is 0 Å². The highest BCUT2D eigenvalue weighted by Crippen LogP contribution is 2.59. The van der Waals surface area contributed by atoms with E-state index in [1.165, 1.54) is 0 Å². The molecule has 0 unspecified atom stereocenters. The quantitative estimate of drug-likeness (QED) is 0.862. The Morgan fingerprint density at radius 2 is 1.26 bits per heavy atom. The van der Waals surface area contributed by atoms with Gasteiger partial charge < -0.3 is 14.4 Å². The first-order valence-corrected chi connectivity index (χ1v) is 11.6. The second-order valence-corrected chi connectivity index (χ2v) is 11.7. The summed E-state index contributed by atoms with van der Waals surface area (Å²) in [4.78, 5) is 3.78. The molecule has 112 valence electrons. The van der Waals surface area contributed by atoms with Crippen LogP contribution < -0.4 is 5.32 Å². The van der Waals surface area contributed by atoms with Crippen LogP contribution in [0.3, 0.4) is 0 Å². The Kier molecular flexibility index (Phi) is 11.4. The number of pyridine rings is 1. The van der Waals surface area contributed by atoms with Gasteiger partial charge in [0, 0.05) is 12.4 Å². The SMILES string of the molecule is CC.CNC(P(C)(C)=O)P(C)(C)=O.c1ccncc1. The summed E-state index contributed by atoms with van der Waals surface area (Å²) in [6.07, 6.45) is 3.50. The lowest BCUT2D eigenvalue weighted by atomic mass is 10.5. The molecule has 0 radical (unpaired) electrons. The van der Waals surface area contributed by atoms with Crippen LogP contribution in [-0.2, 0) is 9.13 Å². The second kappa shape index (κ2) is 10.4. The molecule has 0 fully saturated rings. The van der Waals surface area contributed by atoms with E-state index >= 15 is 0 Å². The lowest BCUT2D eigenvalue weighted by Gasteiger charge is -2.24. The Bertz CT molecular complexity index is 350. The van der Waals surface area contributed by atoms with E-state index in [9.17, 15) is 9.13 Å². The minimum Gasteiger partial charge on any atom is -0.322 e. The first kappa shape index (κ1) is 20.9. The van der Waals surface area contributed by atoms with Gasteiger partial charge >= 0.3 is 0 Å². The van der Waals surface area contributed by atoms with Crippen molar-refractivity contribution in [2.24, 2.45) is 0 Å². The number of hydrogen-bond acceptors (Lipinski definition) is 4. The molecule has 0 spiro atoms. The third kappa shape index (κ3) is 11.1. The largest absolute Gasteiger partial charge is 0.322 e. The molecule has 0 aromatic carbocycles. The fourth-order valence-corrected chi connectivity index (χ4v) is 8.21. The minimum atomic E-state index is -2.27. The van der Waals surface area contributed by atoms with Gasteiger partial charge in [0.05, 0.1) is 0 Å². The average molecular weight is 306 g/mol. The number of hydrogen-bond donors (Lipinski definition) is 1. The van der Waals surface area contributed by atoms with Crippen molar-refractivity contribution >= 4 is 14.3 Å². The topological polar surface area (TPSA) is 59.1 Å². The van der Waals surface area contributed by atoms with Crippen LogP contribution in [0.15, 0.2) is 30.6 Å². The van der Waals surface area contributed by atoms with E-state index in [4.69, 9.17) is 0 Å². The monoisotopic (exact) mass is 306 g/mol. The zero-order chi connectivity index (χ0) is 15.5. The van der Waals surface area contributed by atoms with Gasteiger partial charge in [-0.25, -0.2) is 0 Å². The van der Waals surface area contributed by atoms with Crippen LogP contribution in [0, 0.1) is 0 Å². The predicted molar refractivity (Wildman–Crippen MR) is 87.3 cm³/mol. The van der Waals surface area contributed by atoms with E-state index < -0.39 is 14.3 Å². The maximum Gasteiger partial charge on any atom is 0.113 e. The van der Waals surface area contributed by atoms with Crippen LogP contribution in [0.2, 0.25) is 0 Å². The van der Waals surface area contributed by atoms with Gasteiger partial charge in [-0.05, 0) is 45.8 Å². The van der Waals surface area contributed by atoms with E-state index in [2.05, 4.69) is 10.3 Å². The normalized spacial score (nSPS) is 10.9. The van der Waals surface area contributed by atoms with Crippen LogP contribution in [-0.4, -0.2) is 44.2 Å². The highest BCUT2D eigenvalue weighted by Gasteiger charge is 2.31. The Morgan fingerprint density at radius 3 is 1.32 bits per heavy atom. The zero-order valence-electron chi connectivity index (χ0n) is 13.1. The molecule has 1 N–H and O–H groups in total. The highest BCUT2D eigenvalue weighted by molar-refractivity contribution is 7.80. The highest BCUT2D eigenvalue weighted by atomic mass is 31.2. The van der Waals surface area contributed by atoms with Crippen molar-refractivity contribution in [1.29, 1.82) is 0 Å². The summed E-state index contributed by atoms with van der Waals surface area (Å²) in [5, 5.41) is 2.86.